The molecule has 0 radical (unpaired) electrons. The number of para-hydroxylation sites is 2. The van der Waals surface area contributed by atoms with E-state index in [2.05, 4.69) is 52.3 Å². The molecule has 1 aliphatic carbocycles. The number of nitrogens with zero attached hydrogens (tertiary/aromatic N) is 3. The van der Waals surface area contributed by atoms with E-state index in [9.17, 15) is 4.79 Å². The zero-order chi connectivity index (χ0) is 18.9. The Morgan fingerprint density at radius 3 is 2.68 bits per heavy atom. The van der Waals surface area contributed by atoms with E-state index in [0.717, 1.165) is 24.1 Å². The van der Waals surface area contributed by atoms with Crippen molar-refractivity contribution in [1.82, 2.24) is 14.5 Å². The second-order valence-electron chi connectivity index (χ2n) is 7.59. The van der Waals surface area contributed by atoms with Crippen LogP contribution in [-0.2, 0) is 6.54 Å². The smallest absolute Gasteiger partial charge is 0.233 e. The molecule has 4 nitrogen and oxygen atoms in total. The van der Waals surface area contributed by atoms with E-state index >= 15 is 0 Å². The van der Waals surface area contributed by atoms with Crippen LogP contribution in [0, 0.1) is 0 Å². The number of carbonyl (C=O) groups excluding carboxylic acids is 1. The lowest BCUT2D eigenvalue weighted by Crippen LogP contribution is -2.29. The maximum atomic E-state index is 12.8. The van der Waals surface area contributed by atoms with Crippen molar-refractivity contribution in [3.63, 3.8) is 0 Å². The van der Waals surface area contributed by atoms with Crippen LogP contribution in [0.4, 0.5) is 0 Å². The van der Waals surface area contributed by atoms with E-state index in [1.54, 1.807) is 10.9 Å². The fourth-order valence-electron chi connectivity index (χ4n) is 4.00. The highest BCUT2D eigenvalue weighted by Crippen LogP contribution is 2.30. The molecule has 0 N–H and O–H groups in total. The summed E-state index contributed by atoms with van der Waals surface area (Å²) in [5.74, 6) is 0.109. The van der Waals surface area contributed by atoms with Crippen LogP contribution in [0.3, 0.4) is 0 Å². The van der Waals surface area contributed by atoms with Gasteiger partial charge in [0.2, 0.25) is 5.91 Å². The molecule has 1 aromatic heterocycles. The maximum absolute atomic E-state index is 12.8. The van der Waals surface area contributed by atoms with Gasteiger partial charge in [0.25, 0.3) is 0 Å². The summed E-state index contributed by atoms with van der Waals surface area (Å²) in [6, 6.07) is 23.4. The summed E-state index contributed by atoms with van der Waals surface area (Å²) in [7, 11) is 0. The highest BCUT2D eigenvalue weighted by Gasteiger charge is 2.29. The van der Waals surface area contributed by atoms with Crippen LogP contribution in [0.15, 0.2) is 73.1 Å². The summed E-state index contributed by atoms with van der Waals surface area (Å²) in [4.78, 5) is 19.6. The molecule has 1 heterocycles. The van der Waals surface area contributed by atoms with Gasteiger partial charge >= 0.3 is 0 Å². The number of hydrogen-bond donors (Lipinski definition) is 0. The molecule has 0 spiro atoms. The zero-order valence-corrected chi connectivity index (χ0v) is 15.8. The van der Waals surface area contributed by atoms with E-state index < -0.39 is 0 Å². The van der Waals surface area contributed by atoms with Crippen LogP contribution in [0.25, 0.3) is 21.8 Å². The van der Waals surface area contributed by atoms with Crippen molar-refractivity contribution < 1.29 is 4.79 Å². The fourth-order valence-corrected chi connectivity index (χ4v) is 4.00. The van der Waals surface area contributed by atoms with Crippen LogP contribution >= 0.6 is 0 Å². The first-order chi connectivity index (χ1) is 13.8. The van der Waals surface area contributed by atoms with Gasteiger partial charge in [0.15, 0.2) is 0 Å². The molecule has 0 atom stereocenters. The number of imidazole rings is 1. The van der Waals surface area contributed by atoms with Gasteiger partial charge in [0.05, 0.1) is 11.0 Å². The average Bonchev–Trinajstić information content (AvgIpc) is 3.49. The highest BCUT2D eigenvalue weighted by atomic mass is 16.2. The molecule has 4 aromatic rings. The van der Waals surface area contributed by atoms with Gasteiger partial charge in [-0.2, -0.15) is 0 Å². The summed E-state index contributed by atoms with van der Waals surface area (Å²) in [5.41, 5.74) is 3.09. The van der Waals surface area contributed by atoms with E-state index in [4.69, 9.17) is 0 Å². The average molecular weight is 369 g/mol. The minimum absolute atomic E-state index is 0.109. The topological polar surface area (TPSA) is 38.1 Å². The van der Waals surface area contributed by atoms with Gasteiger partial charge in [0.1, 0.15) is 6.33 Å². The Morgan fingerprint density at radius 2 is 1.79 bits per heavy atom. The van der Waals surface area contributed by atoms with Crippen molar-refractivity contribution >= 4 is 27.7 Å². The number of benzene rings is 3. The minimum Gasteiger partial charge on any atom is -0.296 e. The highest BCUT2D eigenvalue weighted by molar-refractivity contribution is 5.90. The molecule has 140 valence electrons. The Labute approximate surface area is 164 Å². The van der Waals surface area contributed by atoms with Crippen LogP contribution in [0.5, 0.6) is 0 Å². The maximum Gasteiger partial charge on any atom is 0.233 e. The molecular weight excluding hydrogens is 346 g/mol. The van der Waals surface area contributed by atoms with Crippen molar-refractivity contribution in [2.45, 2.75) is 31.8 Å². The summed E-state index contributed by atoms with van der Waals surface area (Å²) < 4.78 is 1.69. The Kier molecular flexibility index (Phi) is 4.41. The Balaban J connectivity index is 1.33. The van der Waals surface area contributed by atoms with E-state index in [1.807, 2.05) is 24.3 Å². The van der Waals surface area contributed by atoms with Crippen LogP contribution < -0.4 is 0 Å². The first-order valence-electron chi connectivity index (χ1n) is 9.95. The quantitative estimate of drug-likeness (QED) is 0.486. The summed E-state index contributed by atoms with van der Waals surface area (Å²) in [6.07, 6.45) is 4.61. The zero-order valence-electron chi connectivity index (χ0n) is 15.8. The summed E-state index contributed by atoms with van der Waals surface area (Å²) in [5, 5.41) is 2.58. The van der Waals surface area contributed by atoms with Crippen molar-refractivity contribution in [3.8, 4) is 0 Å². The van der Waals surface area contributed by atoms with Gasteiger partial charge in [-0.15, -0.1) is 0 Å². The van der Waals surface area contributed by atoms with Gasteiger partial charge in [-0.1, -0.05) is 54.6 Å². The predicted octanol–water partition coefficient (Wildman–Crippen LogP) is 4.88. The van der Waals surface area contributed by atoms with Crippen molar-refractivity contribution in [3.05, 3.63) is 78.6 Å². The molecule has 0 amide bonds. The van der Waals surface area contributed by atoms with Crippen LogP contribution in [0.2, 0.25) is 0 Å². The van der Waals surface area contributed by atoms with Crippen molar-refractivity contribution in [2.24, 2.45) is 0 Å². The molecular formula is C24H23N3O. The number of carbonyl (C=O) groups is 1. The predicted molar refractivity (Wildman–Crippen MR) is 112 cm³/mol. The number of hydrogen-bond acceptors (Lipinski definition) is 3. The third-order valence-electron chi connectivity index (χ3n) is 5.65. The monoisotopic (exact) mass is 369 g/mol. The van der Waals surface area contributed by atoms with Gasteiger partial charge in [-0.3, -0.25) is 14.3 Å². The van der Waals surface area contributed by atoms with Crippen molar-refractivity contribution in [1.29, 1.82) is 0 Å². The lowest BCUT2D eigenvalue weighted by atomic mass is 10.0. The molecule has 0 bridgehead atoms. The van der Waals surface area contributed by atoms with Crippen LogP contribution in [-0.4, -0.2) is 32.9 Å². The first kappa shape index (κ1) is 17.1. The second kappa shape index (κ2) is 7.21. The Hall–Kier alpha value is -2.98. The second-order valence-corrected chi connectivity index (χ2v) is 7.59. The molecule has 28 heavy (non-hydrogen) atoms. The Morgan fingerprint density at radius 1 is 1.00 bits per heavy atom. The molecule has 5 rings (SSSR count). The van der Waals surface area contributed by atoms with Gasteiger partial charge in [-0.05, 0) is 41.3 Å². The molecule has 4 heteroatoms. The first-order valence-corrected chi connectivity index (χ1v) is 9.95. The van der Waals surface area contributed by atoms with E-state index in [0.29, 0.717) is 12.5 Å². The molecule has 1 aliphatic rings. The molecule has 3 aromatic carbocycles. The molecule has 0 saturated heterocycles. The molecule has 0 aliphatic heterocycles. The number of rotatable bonds is 6. The lowest BCUT2D eigenvalue weighted by molar-refractivity contribution is 0.0884. The Bertz CT molecular complexity index is 1140. The lowest BCUT2D eigenvalue weighted by Gasteiger charge is -2.22. The molecule has 0 unspecified atom stereocenters. The summed E-state index contributed by atoms with van der Waals surface area (Å²) in [6.45, 7) is 1.67. The normalized spacial score (nSPS) is 14.2. The number of aromatic nitrogens is 2. The van der Waals surface area contributed by atoms with Gasteiger partial charge < -0.3 is 0 Å². The SMILES string of the molecule is O=C(CCN(Cc1cccc2ccccc12)C1CC1)n1cnc2ccccc21. The third-order valence-corrected chi connectivity index (χ3v) is 5.65. The molecule has 1 saturated carbocycles. The van der Waals surface area contributed by atoms with Gasteiger partial charge in [0, 0.05) is 25.6 Å². The summed E-state index contributed by atoms with van der Waals surface area (Å²) >= 11 is 0. The largest absolute Gasteiger partial charge is 0.296 e. The van der Waals surface area contributed by atoms with E-state index in [-0.39, 0.29) is 5.91 Å². The van der Waals surface area contributed by atoms with Crippen LogP contribution in [0.1, 0.15) is 29.6 Å². The number of fused-ring (bicyclic) bond motifs is 2. The van der Waals surface area contributed by atoms with Crippen molar-refractivity contribution in [2.75, 3.05) is 6.54 Å². The fraction of sp³-hybridized carbons (Fsp3) is 0.250. The standard InChI is InChI=1S/C24H23N3O/c28-24(27-17-25-22-10-3-4-11-23(22)27)14-15-26(20-12-13-20)16-19-8-5-7-18-6-1-2-9-21(18)19/h1-11,17,20H,12-16H2. The third kappa shape index (κ3) is 3.32. The molecule has 1 fully saturated rings. The minimum atomic E-state index is 0.109. The van der Waals surface area contributed by atoms with Gasteiger partial charge in [-0.25, -0.2) is 4.98 Å². The van der Waals surface area contributed by atoms with E-state index in [1.165, 1.54) is 29.2 Å².